The summed E-state index contributed by atoms with van der Waals surface area (Å²) in [5, 5.41) is 0. The van der Waals surface area contributed by atoms with Crippen molar-refractivity contribution in [1.82, 2.24) is 9.55 Å². The second-order valence-corrected chi connectivity index (χ2v) is 6.48. The van der Waals surface area contributed by atoms with E-state index in [1.165, 1.54) is 5.56 Å². The normalized spacial score (nSPS) is 11.4. The number of nitrogens with zero attached hydrogens (tertiary/aromatic N) is 1. The first kappa shape index (κ1) is 13.6. The van der Waals surface area contributed by atoms with E-state index in [9.17, 15) is 0 Å². The molecule has 0 unspecified atom stereocenters. The Balaban J connectivity index is 2.19. The summed E-state index contributed by atoms with van der Waals surface area (Å²) >= 11 is 8.94. The molecule has 0 aliphatic rings. The molecule has 0 spiro atoms. The molecule has 0 radical (unpaired) electrons. The number of imidazole rings is 1. The van der Waals surface area contributed by atoms with E-state index in [1.54, 1.807) is 0 Å². The molecular formula is C16H15BrN2S. The molecule has 0 saturated carbocycles. The summed E-state index contributed by atoms with van der Waals surface area (Å²) in [6.45, 7) is 4.40. The van der Waals surface area contributed by atoms with Crippen LogP contribution < -0.4 is 0 Å². The van der Waals surface area contributed by atoms with E-state index in [4.69, 9.17) is 12.2 Å². The minimum atomic E-state index is 0.538. The number of hydrogen-bond acceptors (Lipinski definition) is 1. The van der Waals surface area contributed by atoms with E-state index < -0.39 is 0 Å². The average molecular weight is 347 g/mol. The molecule has 1 aromatic heterocycles. The minimum absolute atomic E-state index is 0.538. The lowest BCUT2D eigenvalue weighted by Crippen LogP contribution is -1.95. The first-order chi connectivity index (χ1) is 9.56. The fourth-order valence-electron chi connectivity index (χ4n) is 2.35. The van der Waals surface area contributed by atoms with Gasteiger partial charge in [0, 0.05) is 10.2 Å². The SMILES string of the molecule is CC(C)c1ccc(-n2c(=S)[nH]c3cc(Br)ccc32)cc1. The monoisotopic (exact) mass is 346 g/mol. The van der Waals surface area contributed by atoms with Crippen molar-refractivity contribution in [3.05, 3.63) is 57.3 Å². The highest BCUT2D eigenvalue weighted by atomic mass is 79.9. The predicted octanol–water partition coefficient (Wildman–Crippen LogP) is 5.57. The number of aromatic amines is 1. The molecule has 0 saturated heterocycles. The molecule has 3 aromatic rings. The van der Waals surface area contributed by atoms with E-state index in [1.807, 2.05) is 12.1 Å². The average Bonchev–Trinajstić information content (AvgIpc) is 2.73. The van der Waals surface area contributed by atoms with Crippen molar-refractivity contribution in [3.63, 3.8) is 0 Å². The van der Waals surface area contributed by atoms with E-state index in [2.05, 4.69) is 69.7 Å². The van der Waals surface area contributed by atoms with Crippen LogP contribution in [0.25, 0.3) is 16.7 Å². The van der Waals surface area contributed by atoms with Gasteiger partial charge in [-0.3, -0.25) is 4.57 Å². The Morgan fingerprint density at radius 2 is 1.80 bits per heavy atom. The lowest BCUT2D eigenvalue weighted by Gasteiger charge is -2.08. The van der Waals surface area contributed by atoms with Crippen LogP contribution in [0.5, 0.6) is 0 Å². The maximum atomic E-state index is 5.45. The molecule has 0 aliphatic carbocycles. The molecule has 0 fully saturated rings. The first-order valence-electron chi connectivity index (χ1n) is 6.57. The third kappa shape index (κ3) is 2.34. The van der Waals surface area contributed by atoms with Gasteiger partial charge in [-0.2, -0.15) is 0 Å². The fourth-order valence-corrected chi connectivity index (χ4v) is 3.02. The number of hydrogen-bond donors (Lipinski definition) is 1. The highest BCUT2D eigenvalue weighted by Crippen LogP contribution is 2.24. The number of benzene rings is 2. The lowest BCUT2D eigenvalue weighted by atomic mass is 10.0. The van der Waals surface area contributed by atoms with Crippen LogP contribution in [-0.4, -0.2) is 9.55 Å². The van der Waals surface area contributed by atoms with Crippen LogP contribution in [0.3, 0.4) is 0 Å². The van der Waals surface area contributed by atoms with Crippen molar-refractivity contribution in [2.24, 2.45) is 0 Å². The van der Waals surface area contributed by atoms with Crippen molar-refractivity contribution < 1.29 is 0 Å². The predicted molar refractivity (Wildman–Crippen MR) is 90.2 cm³/mol. The van der Waals surface area contributed by atoms with Gasteiger partial charge in [0.05, 0.1) is 11.0 Å². The molecule has 2 aromatic carbocycles. The van der Waals surface area contributed by atoms with E-state index in [0.29, 0.717) is 5.92 Å². The Labute approximate surface area is 131 Å². The van der Waals surface area contributed by atoms with E-state index >= 15 is 0 Å². The molecule has 1 N–H and O–H groups in total. The van der Waals surface area contributed by atoms with Gasteiger partial charge in [0.25, 0.3) is 0 Å². The van der Waals surface area contributed by atoms with Crippen LogP contribution >= 0.6 is 28.1 Å². The number of halogens is 1. The van der Waals surface area contributed by atoms with E-state index in [-0.39, 0.29) is 0 Å². The zero-order chi connectivity index (χ0) is 14.3. The summed E-state index contributed by atoms with van der Waals surface area (Å²) in [5.41, 5.74) is 4.56. The topological polar surface area (TPSA) is 20.7 Å². The third-order valence-corrected chi connectivity index (χ3v) is 4.24. The van der Waals surface area contributed by atoms with Gasteiger partial charge in [0.2, 0.25) is 0 Å². The Bertz CT molecular complexity index is 813. The van der Waals surface area contributed by atoms with Gasteiger partial charge in [0.1, 0.15) is 0 Å². The summed E-state index contributed by atoms with van der Waals surface area (Å²) in [7, 11) is 0. The Hall–Kier alpha value is -1.39. The van der Waals surface area contributed by atoms with E-state index in [0.717, 1.165) is 26.0 Å². The van der Waals surface area contributed by atoms with Crippen LogP contribution in [0.1, 0.15) is 25.3 Å². The van der Waals surface area contributed by atoms with Gasteiger partial charge in [-0.15, -0.1) is 0 Å². The van der Waals surface area contributed by atoms with Gasteiger partial charge in [-0.1, -0.05) is 41.9 Å². The summed E-state index contributed by atoms with van der Waals surface area (Å²) in [4.78, 5) is 3.25. The Morgan fingerprint density at radius 3 is 2.45 bits per heavy atom. The standard InChI is InChI=1S/C16H15BrN2S/c1-10(2)11-3-6-13(7-4-11)19-15-8-5-12(17)9-14(15)18-16(19)20/h3-10H,1-2H3,(H,18,20). The number of H-pyrrole nitrogens is 1. The molecule has 0 atom stereocenters. The summed E-state index contributed by atoms with van der Waals surface area (Å²) < 4.78 is 3.83. The van der Waals surface area contributed by atoms with Crippen LogP contribution in [0.2, 0.25) is 0 Å². The highest BCUT2D eigenvalue weighted by Gasteiger charge is 2.07. The highest BCUT2D eigenvalue weighted by molar-refractivity contribution is 9.10. The second kappa shape index (κ2) is 5.19. The van der Waals surface area contributed by atoms with Crippen LogP contribution in [-0.2, 0) is 0 Å². The van der Waals surface area contributed by atoms with Crippen molar-refractivity contribution in [2.75, 3.05) is 0 Å². The molecule has 102 valence electrons. The molecule has 0 amide bonds. The van der Waals surface area contributed by atoms with Gasteiger partial charge in [-0.25, -0.2) is 0 Å². The summed E-state index contributed by atoms with van der Waals surface area (Å²) in [5.74, 6) is 0.538. The van der Waals surface area contributed by atoms with Gasteiger partial charge in [0.15, 0.2) is 4.77 Å². The molecule has 4 heteroatoms. The van der Waals surface area contributed by atoms with Crippen LogP contribution in [0.4, 0.5) is 0 Å². The lowest BCUT2D eigenvalue weighted by molar-refractivity contribution is 0.865. The van der Waals surface area contributed by atoms with Crippen molar-refractivity contribution in [2.45, 2.75) is 19.8 Å². The van der Waals surface area contributed by atoms with Gasteiger partial charge >= 0.3 is 0 Å². The summed E-state index contributed by atoms with van der Waals surface area (Å²) in [6, 6.07) is 14.7. The third-order valence-electron chi connectivity index (χ3n) is 3.46. The minimum Gasteiger partial charge on any atom is -0.330 e. The molecule has 20 heavy (non-hydrogen) atoms. The Morgan fingerprint density at radius 1 is 1.10 bits per heavy atom. The largest absolute Gasteiger partial charge is 0.330 e. The fraction of sp³-hybridized carbons (Fsp3) is 0.188. The number of aromatic nitrogens is 2. The van der Waals surface area contributed by atoms with Crippen molar-refractivity contribution in [3.8, 4) is 5.69 Å². The summed E-state index contributed by atoms with van der Waals surface area (Å²) in [6.07, 6.45) is 0. The van der Waals surface area contributed by atoms with Crippen LogP contribution in [0.15, 0.2) is 46.9 Å². The molecular weight excluding hydrogens is 332 g/mol. The maximum Gasteiger partial charge on any atom is 0.182 e. The zero-order valence-corrected chi connectivity index (χ0v) is 13.8. The molecule has 2 nitrogen and oxygen atoms in total. The van der Waals surface area contributed by atoms with Gasteiger partial charge in [-0.05, 0) is 54.0 Å². The van der Waals surface area contributed by atoms with Crippen LogP contribution in [0, 0.1) is 4.77 Å². The molecule has 3 rings (SSSR count). The Kier molecular flexibility index (Phi) is 3.52. The smallest absolute Gasteiger partial charge is 0.182 e. The molecule has 0 aliphatic heterocycles. The molecule has 1 heterocycles. The first-order valence-corrected chi connectivity index (χ1v) is 7.77. The number of rotatable bonds is 2. The maximum absolute atomic E-state index is 5.45. The number of fused-ring (bicyclic) bond motifs is 1. The quantitative estimate of drug-likeness (QED) is 0.601. The second-order valence-electron chi connectivity index (χ2n) is 5.17. The molecule has 0 bridgehead atoms. The van der Waals surface area contributed by atoms with Crippen molar-refractivity contribution >= 4 is 39.2 Å². The number of nitrogens with one attached hydrogen (secondary N) is 1. The van der Waals surface area contributed by atoms with Gasteiger partial charge < -0.3 is 4.98 Å². The van der Waals surface area contributed by atoms with Crippen molar-refractivity contribution in [1.29, 1.82) is 0 Å². The zero-order valence-electron chi connectivity index (χ0n) is 11.4.